The van der Waals surface area contributed by atoms with Crippen molar-refractivity contribution in [3.8, 4) is 11.5 Å². The highest BCUT2D eigenvalue weighted by molar-refractivity contribution is 6.36. The summed E-state index contributed by atoms with van der Waals surface area (Å²) in [7, 11) is 0. The Kier molecular flexibility index (Phi) is 5.03. The molecule has 3 rings (SSSR count). The van der Waals surface area contributed by atoms with Crippen molar-refractivity contribution in [2.75, 3.05) is 0 Å². The summed E-state index contributed by atoms with van der Waals surface area (Å²) >= 11 is 12.0. The van der Waals surface area contributed by atoms with Crippen LogP contribution in [0, 0.1) is 5.92 Å². The number of hydrogen-bond acceptors (Lipinski definition) is 5. The Labute approximate surface area is 143 Å². The third kappa shape index (κ3) is 3.95. The molecule has 0 bridgehead atoms. The molecule has 1 heterocycles. The monoisotopic (exact) mass is 354 g/mol. The van der Waals surface area contributed by atoms with Crippen molar-refractivity contribution in [2.24, 2.45) is 16.8 Å². The molecule has 0 spiro atoms. The highest BCUT2D eigenvalue weighted by atomic mass is 35.5. The van der Waals surface area contributed by atoms with Crippen molar-refractivity contribution in [3.63, 3.8) is 0 Å². The molecule has 1 aliphatic carbocycles. The maximum absolute atomic E-state index is 6.11. The molecule has 1 aliphatic rings. The van der Waals surface area contributed by atoms with Crippen LogP contribution in [0.4, 0.5) is 0 Å². The summed E-state index contributed by atoms with van der Waals surface area (Å²) in [4.78, 5) is 5.21. The second-order valence-electron chi connectivity index (χ2n) is 5.40. The molecular formula is C15H16Cl2N4O2. The average Bonchev–Trinajstić information content (AvgIpc) is 3.18. The molecule has 2 aromatic rings. The molecule has 6 nitrogen and oxygen atoms in total. The number of halogens is 2. The maximum atomic E-state index is 6.11. The summed E-state index contributed by atoms with van der Waals surface area (Å²) in [5.41, 5.74) is 6.52. The van der Waals surface area contributed by atoms with Gasteiger partial charge in [-0.1, -0.05) is 41.2 Å². The fourth-order valence-electron chi connectivity index (χ4n) is 2.54. The normalized spacial score (nSPS) is 16.0. The fraction of sp³-hybridized carbons (Fsp3) is 0.400. The van der Waals surface area contributed by atoms with Gasteiger partial charge >= 0.3 is 0 Å². The SMILES string of the molecule is N/C(=N\OCc1nnc(-c2ccc(Cl)cc2Cl)o1)C1CCCC1. The van der Waals surface area contributed by atoms with Crippen LogP contribution >= 0.6 is 23.2 Å². The molecule has 0 unspecified atom stereocenters. The first kappa shape index (κ1) is 16.1. The van der Waals surface area contributed by atoms with Gasteiger partial charge in [-0.3, -0.25) is 0 Å². The summed E-state index contributed by atoms with van der Waals surface area (Å²) in [6.45, 7) is 0.0611. The van der Waals surface area contributed by atoms with Crippen molar-refractivity contribution in [2.45, 2.75) is 32.3 Å². The Balaban J connectivity index is 1.62. The Morgan fingerprint density at radius 1 is 1.30 bits per heavy atom. The number of nitrogens with zero attached hydrogens (tertiary/aromatic N) is 3. The Morgan fingerprint density at radius 3 is 2.83 bits per heavy atom. The number of nitrogens with two attached hydrogens (primary N) is 1. The van der Waals surface area contributed by atoms with Crippen molar-refractivity contribution in [1.29, 1.82) is 0 Å². The van der Waals surface area contributed by atoms with E-state index in [2.05, 4.69) is 15.4 Å². The zero-order valence-corrected chi connectivity index (χ0v) is 13.8. The molecule has 1 aromatic carbocycles. The topological polar surface area (TPSA) is 86.5 Å². The van der Waals surface area contributed by atoms with Gasteiger partial charge in [-0.15, -0.1) is 10.2 Å². The minimum absolute atomic E-state index is 0.0611. The van der Waals surface area contributed by atoms with E-state index in [9.17, 15) is 0 Å². The number of rotatable bonds is 5. The number of amidine groups is 1. The van der Waals surface area contributed by atoms with Gasteiger partial charge in [0.25, 0.3) is 5.89 Å². The second kappa shape index (κ2) is 7.19. The van der Waals surface area contributed by atoms with Gasteiger partial charge in [-0.05, 0) is 31.0 Å². The van der Waals surface area contributed by atoms with Gasteiger partial charge in [0.2, 0.25) is 5.89 Å². The highest BCUT2D eigenvalue weighted by Crippen LogP contribution is 2.29. The van der Waals surface area contributed by atoms with E-state index in [4.69, 9.17) is 38.2 Å². The number of oxime groups is 1. The Morgan fingerprint density at radius 2 is 2.09 bits per heavy atom. The van der Waals surface area contributed by atoms with Crippen molar-refractivity contribution in [3.05, 3.63) is 34.1 Å². The predicted molar refractivity (Wildman–Crippen MR) is 88.1 cm³/mol. The molecule has 0 radical (unpaired) electrons. The molecule has 0 saturated heterocycles. The van der Waals surface area contributed by atoms with Gasteiger partial charge < -0.3 is 15.0 Å². The van der Waals surface area contributed by atoms with E-state index in [0.29, 0.717) is 39.1 Å². The largest absolute Gasteiger partial charge is 0.417 e. The van der Waals surface area contributed by atoms with E-state index in [0.717, 1.165) is 12.8 Å². The van der Waals surface area contributed by atoms with Crippen LogP contribution in [0.3, 0.4) is 0 Å². The summed E-state index contributed by atoms with van der Waals surface area (Å²) in [6, 6.07) is 5.04. The van der Waals surface area contributed by atoms with Crippen LogP contribution in [0.2, 0.25) is 10.0 Å². The lowest BCUT2D eigenvalue weighted by Gasteiger charge is -2.06. The Hall–Kier alpha value is -1.79. The molecule has 0 amide bonds. The predicted octanol–water partition coefficient (Wildman–Crippen LogP) is 4.02. The molecule has 8 heteroatoms. The maximum Gasteiger partial charge on any atom is 0.257 e. The summed E-state index contributed by atoms with van der Waals surface area (Å²) in [5, 5.41) is 12.8. The molecular weight excluding hydrogens is 339 g/mol. The Bertz CT molecular complexity index is 711. The third-order valence-corrected chi connectivity index (χ3v) is 4.31. The van der Waals surface area contributed by atoms with Crippen LogP contribution in [0.5, 0.6) is 0 Å². The van der Waals surface area contributed by atoms with Gasteiger partial charge in [0.15, 0.2) is 6.61 Å². The van der Waals surface area contributed by atoms with E-state index < -0.39 is 0 Å². The number of hydrogen-bond donors (Lipinski definition) is 1. The zero-order valence-electron chi connectivity index (χ0n) is 12.3. The number of benzene rings is 1. The first-order chi connectivity index (χ1) is 11.1. The van der Waals surface area contributed by atoms with E-state index >= 15 is 0 Å². The van der Waals surface area contributed by atoms with Gasteiger partial charge in [0.05, 0.1) is 10.6 Å². The molecule has 122 valence electrons. The van der Waals surface area contributed by atoms with Crippen molar-refractivity contribution < 1.29 is 9.25 Å². The molecule has 2 N–H and O–H groups in total. The minimum Gasteiger partial charge on any atom is -0.417 e. The molecule has 0 atom stereocenters. The lowest BCUT2D eigenvalue weighted by atomic mass is 10.1. The lowest BCUT2D eigenvalue weighted by Crippen LogP contribution is -2.21. The molecule has 1 fully saturated rings. The minimum atomic E-state index is 0.0611. The smallest absolute Gasteiger partial charge is 0.257 e. The van der Waals surface area contributed by atoms with E-state index in [1.807, 2.05) is 0 Å². The first-order valence-corrected chi connectivity index (χ1v) is 8.12. The highest BCUT2D eigenvalue weighted by Gasteiger charge is 2.19. The fourth-order valence-corrected chi connectivity index (χ4v) is 3.03. The second-order valence-corrected chi connectivity index (χ2v) is 6.24. The first-order valence-electron chi connectivity index (χ1n) is 7.36. The summed E-state index contributed by atoms with van der Waals surface area (Å²) in [5.74, 6) is 1.45. The van der Waals surface area contributed by atoms with Crippen LogP contribution in [0.25, 0.3) is 11.5 Å². The lowest BCUT2D eigenvalue weighted by molar-refractivity contribution is 0.109. The van der Waals surface area contributed by atoms with Crippen molar-refractivity contribution in [1.82, 2.24) is 10.2 Å². The summed E-state index contributed by atoms with van der Waals surface area (Å²) in [6.07, 6.45) is 4.52. The van der Waals surface area contributed by atoms with E-state index in [-0.39, 0.29) is 6.61 Å². The van der Waals surface area contributed by atoms with Crippen LogP contribution in [0.15, 0.2) is 27.8 Å². The quantitative estimate of drug-likeness (QED) is 0.497. The number of aromatic nitrogens is 2. The van der Waals surface area contributed by atoms with Gasteiger partial charge in [-0.2, -0.15) is 0 Å². The van der Waals surface area contributed by atoms with Crippen molar-refractivity contribution >= 4 is 29.0 Å². The van der Waals surface area contributed by atoms with Crippen LogP contribution < -0.4 is 5.73 Å². The van der Waals surface area contributed by atoms with E-state index in [1.165, 1.54) is 12.8 Å². The third-order valence-electron chi connectivity index (χ3n) is 3.76. The standard InChI is InChI=1S/C15H16Cl2N4O2/c16-10-5-6-11(12(17)7-10)15-20-19-13(23-15)8-22-21-14(18)9-3-1-2-4-9/h5-7,9H,1-4,8H2,(H2,18,21). The zero-order chi connectivity index (χ0) is 16.2. The van der Waals surface area contributed by atoms with Crippen LogP contribution in [0.1, 0.15) is 31.6 Å². The van der Waals surface area contributed by atoms with Gasteiger partial charge in [0, 0.05) is 10.9 Å². The van der Waals surface area contributed by atoms with Crippen LogP contribution in [-0.4, -0.2) is 16.0 Å². The van der Waals surface area contributed by atoms with Gasteiger partial charge in [0.1, 0.15) is 5.84 Å². The van der Waals surface area contributed by atoms with Gasteiger partial charge in [-0.25, -0.2) is 0 Å². The molecule has 1 saturated carbocycles. The average molecular weight is 355 g/mol. The molecule has 23 heavy (non-hydrogen) atoms. The van der Waals surface area contributed by atoms with Crippen LogP contribution in [-0.2, 0) is 11.4 Å². The summed E-state index contributed by atoms with van der Waals surface area (Å²) < 4.78 is 5.51. The van der Waals surface area contributed by atoms with E-state index in [1.54, 1.807) is 18.2 Å². The molecule has 0 aliphatic heterocycles. The molecule has 1 aromatic heterocycles.